The molecule has 22 heavy (non-hydrogen) atoms. The molecule has 0 spiro atoms. The van der Waals surface area contributed by atoms with Gasteiger partial charge < -0.3 is 15.2 Å². The van der Waals surface area contributed by atoms with Gasteiger partial charge in [-0.2, -0.15) is 0 Å². The molecule has 3 atom stereocenters. The summed E-state index contributed by atoms with van der Waals surface area (Å²) in [6, 6.07) is 8.24. The predicted octanol–water partition coefficient (Wildman–Crippen LogP) is 2.00. The third-order valence-electron chi connectivity index (χ3n) is 4.59. The number of ether oxygens (including phenoxy) is 1. The molecule has 2 aliphatic rings. The van der Waals surface area contributed by atoms with Gasteiger partial charge in [-0.05, 0) is 49.1 Å². The molecule has 1 aromatic carbocycles. The predicted molar refractivity (Wildman–Crippen MR) is 84.6 cm³/mol. The monoisotopic (exact) mass is 303 g/mol. The molecule has 2 aliphatic carbocycles. The summed E-state index contributed by atoms with van der Waals surface area (Å²) < 4.78 is 5.43. The zero-order valence-corrected chi connectivity index (χ0v) is 13.1. The number of aliphatic hydroxyl groups excluding tert-OH is 1. The first-order chi connectivity index (χ1) is 10.6. The Bertz CT molecular complexity index is 527. The first-order valence-corrected chi connectivity index (χ1v) is 8.24. The Balaban J connectivity index is 1.37. The molecule has 0 saturated heterocycles. The number of benzene rings is 1. The number of carbonyl (C=O) groups is 1. The quantitative estimate of drug-likeness (QED) is 0.772. The first-order valence-electron chi connectivity index (χ1n) is 8.24. The van der Waals surface area contributed by atoms with Crippen LogP contribution in [-0.2, 0) is 9.53 Å². The van der Waals surface area contributed by atoms with E-state index in [1.54, 1.807) is 0 Å². The van der Waals surface area contributed by atoms with Crippen LogP contribution in [0.1, 0.15) is 36.3 Å². The number of hydrogen-bond donors (Lipinski definition) is 2. The van der Waals surface area contributed by atoms with E-state index in [-0.39, 0.29) is 18.4 Å². The maximum absolute atomic E-state index is 12.1. The van der Waals surface area contributed by atoms with Gasteiger partial charge in [0.15, 0.2) is 0 Å². The van der Waals surface area contributed by atoms with Crippen molar-refractivity contribution in [2.24, 2.45) is 11.8 Å². The molecular weight excluding hydrogens is 278 g/mol. The molecule has 1 amide bonds. The van der Waals surface area contributed by atoms with Crippen molar-refractivity contribution in [2.75, 3.05) is 19.8 Å². The van der Waals surface area contributed by atoms with Crippen LogP contribution in [0.5, 0.6) is 0 Å². The molecule has 2 fully saturated rings. The summed E-state index contributed by atoms with van der Waals surface area (Å²) in [5.41, 5.74) is 2.52. The minimum atomic E-state index is -0.613. The maximum atomic E-state index is 12.1. The molecule has 0 aromatic heterocycles. The van der Waals surface area contributed by atoms with E-state index in [0.717, 1.165) is 13.0 Å². The minimum Gasteiger partial charge on any atom is -0.389 e. The van der Waals surface area contributed by atoms with E-state index in [0.29, 0.717) is 18.4 Å². The number of aryl methyl sites for hydroxylation is 1. The van der Waals surface area contributed by atoms with E-state index in [4.69, 9.17) is 4.74 Å². The molecule has 3 rings (SSSR count). The topological polar surface area (TPSA) is 58.6 Å². The summed E-state index contributed by atoms with van der Waals surface area (Å²) in [7, 11) is 0. The second kappa shape index (κ2) is 6.80. The van der Waals surface area contributed by atoms with E-state index < -0.39 is 6.10 Å². The van der Waals surface area contributed by atoms with Crippen molar-refractivity contribution in [1.29, 1.82) is 0 Å². The van der Waals surface area contributed by atoms with E-state index in [9.17, 15) is 9.90 Å². The Morgan fingerprint density at radius 3 is 2.91 bits per heavy atom. The van der Waals surface area contributed by atoms with E-state index in [1.165, 1.54) is 24.0 Å². The Morgan fingerprint density at radius 2 is 2.18 bits per heavy atom. The lowest BCUT2D eigenvalue weighted by atomic mass is 10.0. The smallest absolute Gasteiger partial charge is 0.223 e. The average Bonchev–Trinajstić information content (AvgIpc) is 3.39. The number of nitrogens with one attached hydrogen (secondary N) is 1. The normalized spacial score (nSPS) is 24.8. The lowest BCUT2D eigenvalue weighted by Crippen LogP contribution is -2.35. The van der Waals surface area contributed by atoms with Gasteiger partial charge in [0.1, 0.15) is 0 Å². The van der Waals surface area contributed by atoms with Crippen molar-refractivity contribution in [2.45, 2.75) is 38.2 Å². The van der Waals surface area contributed by atoms with Crippen LogP contribution in [0.4, 0.5) is 0 Å². The molecular formula is C18H25NO3. The van der Waals surface area contributed by atoms with Crippen LogP contribution in [0.15, 0.2) is 24.3 Å². The van der Waals surface area contributed by atoms with Crippen LogP contribution in [0, 0.1) is 18.8 Å². The number of carbonyl (C=O) groups excluding carboxylic acids is 1. The first kappa shape index (κ1) is 15.5. The van der Waals surface area contributed by atoms with Crippen LogP contribution < -0.4 is 5.32 Å². The molecule has 0 bridgehead atoms. The van der Waals surface area contributed by atoms with E-state index in [2.05, 4.69) is 24.4 Å². The second-order valence-corrected chi connectivity index (χ2v) is 6.69. The molecule has 0 radical (unpaired) electrons. The second-order valence-electron chi connectivity index (χ2n) is 6.69. The summed E-state index contributed by atoms with van der Waals surface area (Å²) in [5.74, 6) is 1.14. The van der Waals surface area contributed by atoms with Crippen LogP contribution >= 0.6 is 0 Å². The van der Waals surface area contributed by atoms with Crippen LogP contribution in [0.3, 0.4) is 0 Å². The van der Waals surface area contributed by atoms with Crippen molar-refractivity contribution < 1.29 is 14.6 Å². The Kier molecular flexibility index (Phi) is 4.79. The highest BCUT2D eigenvalue weighted by molar-refractivity contribution is 5.83. The fraction of sp³-hybridized carbons (Fsp3) is 0.611. The average molecular weight is 303 g/mol. The Labute approximate surface area is 131 Å². The van der Waals surface area contributed by atoms with Crippen molar-refractivity contribution in [3.8, 4) is 0 Å². The SMILES string of the molecule is Cc1ccccc1[C@@H]1C[C@@H]1C(=O)NC[C@H](O)COCC1CC1. The molecule has 2 saturated carbocycles. The van der Waals surface area contributed by atoms with Gasteiger partial charge in [0.2, 0.25) is 5.91 Å². The van der Waals surface area contributed by atoms with Gasteiger partial charge in [-0.1, -0.05) is 24.3 Å². The molecule has 0 heterocycles. The Morgan fingerprint density at radius 1 is 1.41 bits per heavy atom. The third kappa shape index (κ3) is 4.08. The molecule has 4 nitrogen and oxygen atoms in total. The van der Waals surface area contributed by atoms with Gasteiger partial charge in [0.25, 0.3) is 0 Å². The minimum absolute atomic E-state index is 0.0505. The summed E-state index contributed by atoms with van der Waals surface area (Å²) in [6.07, 6.45) is 2.78. The highest BCUT2D eigenvalue weighted by Crippen LogP contribution is 2.48. The molecule has 0 aliphatic heterocycles. The van der Waals surface area contributed by atoms with Crippen LogP contribution in [0.25, 0.3) is 0 Å². The largest absolute Gasteiger partial charge is 0.389 e. The molecule has 4 heteroatoms. The Hall–Kier alpha value is -1.39. The highest BCUT2D eigenvalue weighted by Gasteiger charge is 2.44. The van der Waals surface area contributed by atoms with Crippen molar-refractivity contribution in [3.05, 3.63) is 35.4 Å². The fourth-order valence-electron chi connectivity index (χ4n) is 2.89. The summed E-state index contributed by atoms with van der Waals surface area (Å²) in [6.45, 7) is 3.41. The van der Waals surface area contributed by atoms with Crippen LogP contribution in [-0.4, -0.2) is 36.9 Å². The van der Waals surface area contributed by atoms with Crippen molar-refractivity contribution >= 4 is 5.91 Å². The van der Waals surface area contributed by atoms with Gasteiger partial charge in [0, 0.05) is 19.1 Å². The highest BCUT2D eigenvalue weighted by atomic mass is 16.5. The fourth-order valence-corrected chi connectivity index (χ4v) is 2.89. The molecule has 1 aromatic rings. The number of amides is 1. The summed E-state index contributed by atoms with van der Waals surface area (Å²) in [5, 5.41) is 12.7. The number of aliphatic hydroxyl groups is 1. The van der Waals surface area contributed by atoms with Crippen LogP contribution in [0.2, 0.25) is 0 Å². The summed E-state index contributed by atoms with van der Waals surface area (Å²) >= 11 is 0. The third-order valence-corrected chi connectivity index (χ3v) is 4.59. The standard InChI is InChI=1S/C18H25NO3/c1-12-4-2-3-5-15(12)16-8-17(16)18(21)19-9-14(20)11-22-10-13-6-7-13/h2-5,13-14,16-17,20H,6-11H2,1H3,(H,19,21)/t14-,16-,17-/m0/s1. The maximum Gasteiger partial charge on any atom is 0.223 e. The van der Waals surface area contributed by atoms with E-state index in [1.807, 2.05) is 12.1 Å². The molecule has 2 N–H and O–H groups in total. The van der Waals surface area contributed by atoms with Gasteiger partial charge >= 0.3 is 0 Å². The molecule has 0 unspecified atom stereocenters. The van der Waals surface area contributed by atoms with Gasteiger partial charge in [-0.25, -0.2) is 0 Å². The zero-order valence-electron chi connectivity index (χ0n) is 13.1. The van der Waals surface area contributed by atoms with Gasteiger partial charge in [0.05, 0.1) is 12.7 Å². The zero-order chi connectivity index (χ0) is 15.5. The van der Waals surface area contributed by atoms with Gasteiger partial charge in [-0.15, -0.1) is 0 Å². The van der Waals surface area contributed by atoms with Crippen molar-refractivity contribution in [3.63, 3.8) is 0 Å². The number of hydrogen-bond acceptors (Lipinski definition) is 3. The van der Waals surface area contributed by atoms with Gasteiger partial charge in [-0.3, -0.25) is 4.79 Å². The van der Waals surface area contributed by atoms with E-state index >= 15 is 0 Å². The number of rotatable bonds is 8. The molecule has 120 valence electrons. The summed E-state index contributed by atoms with van der Waals surface area (Å²) in [4.78, 5) is 12.1. The lowest BCUT2D eigenvalue weighted by Gasteiger charge is -2.12. The van der Waals surface area contributed by atoms with Crippen molar-refractivity contribution in [1.82, 2.24) is 5.32 Å². The lowest BCUT2D eigenvalue weighted by molar-refractivity contribution is -0.123.